The van der Waals surface area contributed by atoms with Crippen LogP contribution in [-0.2, 0) is 4.74 Å². The third kappa shape index (κ3) is 3.65. The third-order valence-corrected chi connectivity index (χ3v) is 3.94. The molecule has 0 unspecified atom stereocenters. The second-order valence-corrected chi connectivity index (χ2v) is 5.78. The SMILES string of the molecule is Cc1ccc(Oc2ccc(/C(=N/O)N3CCOCC3)cn2)c(C)c1. The van der Waals surface area contributed by atoms with Crippen molar-refractivity contribution in [1.82, 2.24) is 9.88 Å². The normalized spacial score (nSPS) is 15.4. The van der Waals surface area contributed by atoms with Crippen LogP contribution in [0.15, 0.2) is 41.7 Å². The number of hydrogen-bond donors (Lipinski definition) is 1. The number of aryl methyl sites for hydroxylation is 2. The molecule has 1 aromatic heterocycles. The fourth-order valence-corrected chi connectivity index (χ4v) is 2.68. The van der Waals surface area contributed by atoms with Gasteiger partial charge in [0.25, 0.3) is 0 Å². The van der Waals surface area contributed by atoms with Crippen molar-refractivity contribution in [2.45, 2.75) is 13.8 Å². The first-order valence-corrected chi connectivity index (χ1v) is 7.93. The zero-order valence-electron chi connectivity index (χ0n) is 13.9. The van der Waals surface area contributed by atoms with Crippen molar-refractivity contribution in [3.05, 3.63) is 53.2 Å². The van der Waals surface area contributed by atoms with Gasteiger partial charge in [0.15, 0.2) is 5.84 Å². The molecule has 0 amide bonds. The fraction of sp³-hybridized carbons (Fsp3) is 0.333. The molecule has 2 heterocycles. The number of rotatable bonds is 3. The van der Waals surface area contributed by atoms with Gasteiger partial charge in [-0.3, -0.25) is 0 Å². The zero-order chi connectivity index (χ0) is 16.9. The van der Waals surface area contributed by atoms with Crippen molar-refractivity contribution in [3.63, 3.8) is 0 Å². The summed E-state index contributed by atoms with van der Waals surface area (Å²) in [5.41, 5.74) is 3.00. The van der Waals surface area contributed by atoms with Gasteiger partial charge >= 0.3 is 0 Å². The minimum absolute atomic E-state index is 0.504. The van der Waals surface area contributed by atoms with Crippen LogP contribution in [0.2, 0.25) is 0 Å². The Labute approximate surface area is 141 Å². The van der Waals surface area contributed by atoms with E-state index in [1.165, 1.54) is 5.56 Å². The Bertz CT molecular complexity index is 723. The summed E-state index contributed by atoms with van der Waals surface area (Å²) < 4.78 is 11.2. The number of amidine groups is 1. The Balaban J connectivity index is 1.74. The second kappa shape index (κ2) is 7.31. The van der Waals surface area contributed by atoms with Crippen LogP contribution in [0, 0.1) is 13.8 Å². The molecule has 0 saturated carbocycles. The van der Waals surface area contributed by atoms with Crippen molar-refractivity contribution in [3.8, 4) is 11.6 Å². The molecule has 1 N–H and O–H groups in total. The summed E-state index contributed by atoms with van der Waals surface area (Å²) in [6.45, 7) is 6.69. The minimum atomic E-state index is 0.504. The first-order valence-electron chi connectivity index (χ1n) is 7.93. The van der Waals surface area contributed by atoms with Crippen LogP contribution in [0.25, 0.3) is 0 Å². The number of hydrogen-bond acceptors (Lipinski definition) is 5. The summed E-state index contributed by atoms with van der Waals surface area (Å²) in [4.78, 5) is 6.31. The molecule has 1 aromatic carbocycles. The number of ether oxygens (including phenoxy) is 2. The molecule has 6 nitrogen and oxygen atoms in total. The quantitative estimate of drug-likeness (QED) is 0.406. The van der Waals surface area contributed by atoms with Gasteiger partial charge in [0.2, 0.25) is 5.88 Å². The molecular weight excluding hydrogens is 306 g/mol. The number of aromatic nitrogens is 1. The summed E-state index contributed by atoms with van der Waals surface area (Å²) in [6.07, 6.45) is 1.66. The van der Waals surface area contributed by atoms with E-state index in [1.807, 2.05) is 36.9 Å². The van der Waals surface area contributed by atoms with Gasteiger partial charge in [-0.25, -0.2) is 4.98 Å². The van der Waals surface area contributed by atoms with Gasteiger partial charge in [0, 0.05) is 30.9 Å². The maximum absolute atomic E-state index is 9.35. The highest BCUT2D eigenvalue weighted by atomic mass is 16.5. The highest BCUT2D eigenvalue weighted by Crippen LogP contribution is 2.24. The van der Waals surface area contributed by atoms with Gasteiger partial charge in [-0.15, -0.1) is 0 Å². The topological polar surface area (TPSA) is 67.2 Å². The van der Waals surface area contributed by atoms with Crippen LogP contribution < -0.4 is 4.74 Å². The number of oxime groups is 1. The van der Waals surface area contributed by atoms with Crippen molar-refractivity contribution >= 4 is 5.84 Å². The van der Waals surface area contributed by atoms with Crippen LogP contribution in [0.4, 0.5) is 0 Å². The molecule has 0 atom stereocenters. The Hall–Kier alpha value is -2.60. The summed E-state index contributed by atoms with van der Waals surface area (Å²) >= 11 is 0. The molecule has 1 aliphatic heterocycles. The molecule has 6 heteroatoms. The Morgan fingerprint density at radius 1 is 1.21 bits per heavy atom. The number of benzene rings is 1. The summed E-state index contributed by atoms with van der Waals surface area (Å²) in [6, 6.07) is 9.63. The van der Waals surface area contributed by atoms with Gasteiger partial charge in [-0.05, 0) is 31.5 Å². The molecule has 126 valence electrons. The fourth-order valence-electron chi connectivity index (χ4n) is 2.68. The Morgan fingerprint density at radius 2 is 2.00 bits per heavy atom. The van der Waals surface area contributed by atoms with Gasteiger partial charge in [0.1, 0.15) is 5.75 Å². The summed E-state index contributed by atoms with van der Waals surface area (Å²) in [5.74, 6) is 1.79. The Morgan fingerprint density at radius 3 is 2.62 bits per heavy atom. The van der Waals surface area contributed by atoms with Crippen LogP contribution in [-0.4, -0.2) is 47.2 Å². The van der Waals surface area contributed by atoms with Crippen molar-refractivity contribution in [2.24, 2.45) is 5.16 Å². The van der Waals surface area contributed by atoms with E-state index in [-0.39, 0.29) is 0 Å². The molecule has 0 bridgehead atoms. The lowest BCUT2D eigenvalue weighted by Gasteiger charge is -2.28. The molecule has 2 aromatic rings. The van der Waals surface area contributed by atoms with E-state index in [4.69, 9.17) is 9.47 Å². The maximum Gasteiger partial charge on any atom is 0.219 e. The number of morpholine rings is 1. The van der Waals surface area contributed by atoms with Crippen LogP contribution in [0.1, 0.15) is 16.7 Å². The molecular formula is C18H21N3O3. The van der Waals surface area contributed by atoms with Crippen LogP contribution >= 0.6 is 0 Å². The van der Waals surface area contributed by atoms with Gasteiger partial charge in [-0.2, -0.15) is 0 Å². The molecule has 0 aliphatic carbocycles. The highest BCUT2D eigenvalue weighted by Gasteiger charge is 2.18. The lowest BCUT2D eigenvalue weighted by molar-refractivity contribution is 0.0668. The average molecular weight is 327 g/mol. The van der Waals surface area contributed by atoms with E-state index in [9.17, 15) is 5.21 Å². The number of pyridine rings is 1. The van der Waals surface area contributed by atoms with Crippen molar-refractivity contribution < 1.29 is 14.7 Å². The van der Waals surface area contributed by atoms with Crippen LogP contribution in [0.3, 0.4) is 0 Å². The second-order valence-electron chi connectivity index (χ2n) is 5.78. The van der Waals surface area contributed by atoms with E-state index in [0.29, 0.717) is 38.0 Å². The summed E-state index contributed by atoms with van der Waals surface area (Å²) in [7, 11) is 0. The van der Waals surface area contributed by atoms with E-state index < -0.39 is 0 Å². The molecule has 0 spiro atoms. The molecule has 1 aliphatic rings. The van der Waals surface area contributed by atoms with Gasteiger partial charge < -0.3 is 19.6 Å². The van der Waals surface area contributed by atoms with Crippen molar-refractivity contribution in [1.29, 1.82) is 0 Å². The monoisotopic (exact) mass is 327 g/mol. The van der Waals surface area contributed by atoms with E-state index in [1.54, 1.807) is 12.3 Å². The van der Waals surface area contributed by atoms with Crippen molar-refractivity contribution in [2.75, 3.05) is 26.3 Å². The van der Waals surface area contributed by atoms with E-state index in [2.05, 4.69) is 16.2 Å². The predicted molar refractivity (Wildman–Crippen MR) is 90.9 cm³/mol. The smallest absolute Gasteiger partial charge is 0.219 e. The van der Waals surface area contributed by atoms with E-state index in [0.717, 1.165) is 16.9 Å². The lowest BCUT2D eigenvalue weighted by Crippen LogP contribution is -2.41. The highest BCUT2D eigenvalue weighted by molar-refractivity contribution is 5.98. The zero-order valence-corrected chi connectivity index (χ0v) is 13.9. The summed E-state index contributed by atoms with van der Waals surface area (Å²) in [5, 5.41) is 12.8. The number of nitrogens with zero attached hydrogens (tertiary/aromatic N) is 3. The van der Waals surface area contributed by atoms with E-state index >= 15 is 0 Å². The molecule has 1 fully saturated rings. The largest absolute Gasteiger partial charge is 0.439 e. The first-order chi connectivity index (χ1) is 11.7. The minimum Gasteiger partial charge on any atom is -0.439 e. The lowest BCUT2D eigenvalue weighted by atomic mass is 10.1. The Kier molecular flexibility index (Phi) is 4.96. The molecule has 1 saturated heterocycles. The molecule has 0 radical (unpaired) electrons. The third-order valence-electron chi connectivity index (χ3n) is 3.94. The maximum atomic E-state index is 9.35. The van der Waals surface area contributed by atoms with Gasteiger partial charge in [0.05, 0.1) is 13.2 Å². The molecule has 24 heavy (non-hydrogen) atoms. The average Bonchev–Trinajstić information content (AvgIpc) is 2.60. The first kappa shape index (κ1) is 16.3. The molecule has 3 rings (SSSR count). The van der Waals surface area contributed by atoms with Gasteiger partial charge in [-0.1, -0.05) is 22.9 Å². The predicted octanol–water partition coefficient (Wildman–Crippen LogP) is 2.96. The van der Waals surface area contributed by atoms with Crippen LogP contribution in [0.5, 0.6) is 11.6 Å². The standard InChI is InChI=1S/C18H21N3O3/c1-13-3-5-16(14(2)11-13)24-17-6-4-15(12-19-17)18(20-22)21-7-9-23-10-8-21/h3-6,11-12,22H,7-10H2,1-2H3/b20-18-.